The molecule has 0 spiro atoms. The van der Waals surface area contributed by atoms with Gasteiger partial charge in [-0.3, -0.25) is 0 Å². The van der Waals surface area contributed by atoms with E-state index in [1.165, 1.54) is 30.0 Å². The second kappa shape index (κ2) is 6.87. The minimum absolute atomic E-state index is 0.260. The SMILES string of the molecule is Fc1ccc(Sc2cccc(F)c2C=CCBr)cc1. The Bertz CT molecular complexity index is 579. The molecule has 0 aliphatic heterocycles. The van der Waals surface area contributed by atoms with Crippen LogP contribution in [0.4, 0.5) is 8.78 Å². The van der Waals surface area contributed by atoms with Crippen LogP contribution >= 0.6 is 27.7 Å². The van der Waals surface area contributed by atoms with Crippen molar-refractivity contribution in [1.29, 1.82) is 0 Å². The minimum Gasteiger partial charge on any atom is -0.207 e. The maximum atomic E-state index is 13.8. The molecule has 0 saturated carbocycles. The fourth-order valence-corrected chi connectivity index (χ4v) is 2.70. The van der Waals surface area contributed by atoms with E-state index in [4.69, 9.17) is 0 Å². The fourth-order valence-electron chi connectivity index (χ4n) is 1.56. The number of halogens is 3. The van der Waals surface area contributed by atoms with Crippen LogP contribution < -0.4 is 0 Å². The lowest BCUT2D eigenvalue weighted by Crippen LogP contribution is -1.86. The van der Waals surface area contributed by atoms with E-state index in [2.05, 4.69) is 15.9 Å². The smallest absolute Gasteiger partial charge is 0.131 e. The molecule has 0 bridgehead atoms. The van der Waals surface area contributed by atoms with E-state index < -0.39 is 0 Å². The van der Waals surface area contributed by atoms with Crippen LogP contribution in [0.3, 0.4) is 0 Å². The van der Waals surface area contributed by atoms with Crippen LogP contribution in [0.5, 0.6) is 0 Å². The Balaban J connectivity index is 2.31. The van der Waals surface area contributed by atoms with Crippen molar-refractivity contribution < 1.29 is 8.78 Å². The predicted molar refractivity (Wildman–Crippen MR) is 79.8 cm³/mol. The van der Waals surface area contributed by atoms with Gasteiger partial charge in [0, 0.05) is 20.7 Å². The van der Waals surface area contributed by atoms with E-state index in [1.54, 1.807) is 24.3 Å². The summed E-state index contributed by atoms with van der Waals surface area (Å²) >= 11 is 4.69. The third kappa shape index (κ3) is 3.91. The summed E-state index contributed by atoms with van der Waals surface area (Å²) in [5, 5.41) is 0.669. The zero-order chi connectivity index (χ0) is 13.7. The summed E-state index contributed by atoms with van der Waals surface area (Å²) in [4.78, 5) is 1.68. The second-order valence-corrected chi connectivity index (χ2v) is 5.53. The van der Waals surface area contributed by atoms with Gasteiger partial charge in [0.2, 0.25) is 0 Å². The molecule has 0 unspecified atom stereocenters. The quantitative estimate of drug-likeness (QED) is 0.660. The molecule has 0 heterocycles. The molecular weight excluding hydrogens is 330 g/mol. The molecule has 0 fully saturated rings. The average Bonchev–Trinajstić information content (AvgIpc) is 2.41. The Hall–Kier alpha value is -1.13. The number of rotatable bonds is 4. The monoisotopic (exact) mass is 340 g/mol. The standard InChI is InChI=1S/C15H11BrF2S/c16-10-2-3-13-14(18)4-1-5-15(13)19-12-8-6-11(17)7-9-12/h1-9H,10H2. The highest BCUT2D eigenvalue weighted by Gasteiger charge is 2.07. The molecule has 0 radical (unpaired) electrons. The van der Waals surface area contributed by atoms with E-state index in [-0.39, 0.29) is 11.6 Å². The third-order valence-corrected chi connectivity index (χ3v) is 3.89. The zero-order valence-electron chi connectivity index (χ0n) is 9.95. The lowest BCUT2D eigenvalue weighted by molar-refractivity contribution is 0.621. The van der Waals surface area contributed by atoms with Crippen molar-refractivity contribution in [2.75, 3.05) is 5.33 Å². The first-order chi connectivity index (χ1) is 9.20. The van der Waals surface area contributed by atoms with Gasteiger partial charge >= 0.3 is 0 Å². The topological polar surface area (TPSA) is 0 Å². The summed E-state index contributed by atoms with van der Waals surface area (Å²) < 4.78 is 26.7. The van der Waals surface area contributed by atoms with Crippen LogP contribution in [-0.4, -0.2) is 5.33 Å². The molecule has 98 valence electrons. The van der Waals surface area contributed by atoms with Gasteiger partial charge < -0.3 is 0 Å². The van der Waals surface area contributed by atoms with Crippen molar-refractivity contribution >= 4 is 33.8 Å². The number of hydrogen-bond acceptors (Lipinski definition) is 1. The predicted octanol–water partition coefficient (Wildman–Crippen LogP) is 5.52. The minimum atomic E-state index is -0.275. The first kappa shape index (κ1) is 14.3. The van der Waals surface area contributed by atoms with Crippen LogP contribution in [-0.2, 0) is 0 Å². The molecule has 0 nitrogen and oxygen atoms in total. The molecule has 2 rings (SSSR count). The molecule has 2 aromatic carbocycles. The van der Waals surface area contributed by atoms with Gasteiger partial charge in [0.1, 0.15) is 11.6 Å². The van der Waals surface area contributed by atoms with Gasteiger partial charge in [-0.25, -0.2) is 8.78 Å². The Morgan fingerprint density at radius 1 is 1.05 bits per heavy atom. The Morgan fingerprint density at radius 2 is 1.79 bits per heavy atom. The molecule has 0 atom stereocenters. The summed E-state index contributed by atoms with van der Waals surface area (Å²) in [5.74, 6) is -0.535. The second-order valence-electron chi connectivity index (χ2n) is 3.76. The van der Waals surface area contributed by atoms with Crippen LogP contribution in [0.1, 0.15) is 5.56 Å². The molecule has 0 amide bonds. The van der Waals surface area contributed by atoms with E-state index in [1.807, 2.05) is 12.1 Å². The van der Waals surface area contributed by atoms with Crippen molar-refractivity contribution in [1.82, 2.24) is 0 Å². The summed E-state index contributed by atoms with van der Waals surface area (Å²) in [7, 11) is 0. The van der Waals surface area contributed by atoms with Crippen molar-refractivity contribution in [2.45, 2.75) is 9.79 Å². The van der Waals surface area contributed by atoms with E-state index >= 15 is 0 Å². The van der Waals surface area contributed by atoms with Crippen LogP contribution in [0, 0.1) is 11.6 Å². The van der Waals surface area contributed by atoms with Gasteiger partial charge in [-0.15, -0.1) is 0 Å². The summed E-state index contributed by atoms with van der Waals surface area (Å²) in [5.41, 5.74) is 0.552. The van der Waals surface area contributed by atoms with Crippen molar-refractivity contribution in [3.05, 3.63) is 65.7 Å². The maximum absolute atomic E-state index is 13.8. The zero-order valence-corrected chi connectivity index (χ0v) is 12.3. The first-order valence-corrected chi connectivity index (χ1v) is 7.59. The highest BCUT2D eigenvalue weighted by Crippen LogP contribution is 2.32. The van der Waals surface area contributed by atoms with Gasteiger partial charge in [-0.05, 0) is 36.4 Å². The Kier molecular flexibility index (Phi) is 5.16. The van der Waals surface area contributed by atoms with Crippen molar-refractivity contribution in [3.63, 3.8) is 0 Å². The van der Waals surface area contributed by atoms with E-state index in [9.17, 15) is 8.78 Å². The van der Waals surface area contributed by atoms with Crippen LogP contribution in [0.2, 0.25) is 0 Å². The molecule has 4 heteroatoms. The van der Waals surface area contributed by atoms with Gasteiger partial charge in [0.05, 0.1) is 0 Å². The molecule has 0 aliphatic rings. The highest BCUT2D eigenvalue weighted by atomic mass is 79.9. The lowest BCUT2D eigenvalue weighted by Gasteiger charge is -2.07. The summed E-state index contributed by atoms with van der Waals surface area (Å²) in [6, 6.07) is 11.1. The number of benzene rings is 2. The summed E-state index contributed by atoms with van der Waals surface area (Å²) in [6.07, 6.45) is 3.59. The van der Waals surface area contributed by atoms with Gasteiger partial charge in [0.25, 0.3) is 0 Å². The maximum Gasteiger partial charge on any atom is 0.131 e. The lowest BCUT2D eigenvalue weighted by atomic mass is 10.2. The van der Waals surface area contributed by atoms with Gasteiger partial charge in [-0.1, -0.05) is 45.9 Å². The van der Waals surface area contributed by atoms with Crippen molar-refractivity contribution in [2.24, 2.45) is 0 Å². The van der Waals surface area contributed by atoms with E-state index in [0.717, 1.165) is 9.79 Å². The molecule has 0 aromatic heterocycles. The molecule has 0 aliphatic carbocycles. The van der Waals surface area contributed by atoms with Crippen LogP contribution in [0.15, 0.2) is 58.3 Å². The third-order valence-electron chi connectivity index (χ3n) is 2.43. The Labute approximate surface area is 123 Å². The van der Waals surface area contributed by atoms with Crippen molar-refractivity contribution in [3.8, 4) is 0 Å². The molecule has 0 saturated heterocycles. The average molecular weight is 341 g/mol. The normalized spacial score (nSPS) is 11.1. The molecule has 0 N–H and O–H groups in total. The summed E-state index contributed by atoms with van der Waals surface area (Å²) in [6.45, 7) is 0. The molecular formula is C15H11BrF2S. The highest BCUT2D eigenvalue weighted by molar-refractivity contribution is 9.09. The largest absolute Gasteiger partial charge is 0.207 e. The van der Waals surface area contributed by atoms with Gasteiger partial charge in [0.15, 0.2) is 0 Å². The van der Waals surface area contributed by atoms with E-state index in [0.29, 0.717) is 10.9 Å². The molecule has 19 heavy (non-hydrogen) atoms. The Morgan fingerprint density at radius 3 is 2.47 bits per heavy atom. The fraction of sp³-hybridized carbons (Fsp3) is 0.0667. The first-order valence-electron chi connectivity index (χ1n) is 5.65. The number of hydrogen-bond donors (Lipinski definition) is 0. The van der Waals surface area contributed by atoms with Crippen LogP contribution in [0.25, 0.3) is 6.08 Å². The van der Waals surface area contributed by atoms with Gasteiger partial charge in [-0.2, -0.15) is 0 Å². The number of allylic oxidation sites excluding steroid dienone is 1. The number of alkyl halides is 1. The molecule has 2 aromatic rings.